The zero-order valence-corrected chi connectivity index (χ0v) is 18.4. The van der Waals surface area contributed by atoms with Gasteiger partial charge in [0, 0.05) is 28.4 Å². The molecule has 1 aromatic heterocycles. The van der Waals surface area contributed by atoms with Crippen LogP contribution >= 0.6 is 11.6 Å². The molecule has 4 rings (SSSR count). The van der Waals surface area contributed by atoms with Crippen molar-refractivity contribution in [1.82, 2.24) is 4.98 Å². The van der Waals surface area contributed by atoms with Crippen LogP contribution in [0, 0.1) is 0 Å². The van der Waals surface area contributed by atoms with E-state index in [9.17, 15) is 13.2 Å². The van der Waals surface area contributed by atoms with Gasteiger partial charge in [-0.05, 0) is 47.5 Å². The number of hydrogen-bond donors (Lipinski definition) is 2. The number of sulfone groups is 1. The van der Waals surface area contributed by atoms with E-state index in [0.29, 0.717) is 10.7 Å². The lowest BCUT2D eigenvalue weighted by atomic mass is 10.0. The van der Waals surface area contributed by atoms with Gasteiger partial charge >= 0.3 is 0 Å². The maximum absolute atomic E-state index is 12.4. The fourth-order valence-electron chi connectivity index (χ4n) is 3.50. The van der Waals surface area contributed by atoms with Gasteiger partial charge in [-0.25, -0.2) is 8.42 Å². The molecule has 31 heavy (non-hydrogen) atoms. The molecule has 0 saturated carbocycles. The predicted molar refractivity (Wildman–Crippen MR) is 125 cm³/mol. The number of amides is 1. The Balaban J connectivity index is 1.48. The van der Waals surface area contributed by atoms with E-state index in [1.165, 1.54) is 12.1 Å². The molecule has 1 amide bonds. The fraction of sp³-hybridized carbons (Fsp3) is 0.125. The third kappa shape index (κ3) is 4.50. The zero-order valence-electron chi connectivity index (χ0n) is 16.9. The van der Waals surface area contributed by atoms with Crippen LogP contribution in [0.15, 0.2) is 77.8 Å². The Morgan fingerprint density at radius 1 is 1.00 bits per heavy atom. The van der Waals surface area contributed by atoms with Crippen molar-refractivity contribution in [3.8, 4) is 11.1 Å². The lowest BCUT2D eigenvalue weighted by molar-refractivity contribution is -0.115. The van der Waals surface area contributed by atoms with E-state index in [1.807, 2.05) is 42.6 Å². The van der Waals surface area contributed by atoms with Crippen molar-refractivity contribution < 1.29 is 13.2 Å². The minimum Gasteiger partial charge on any atom is -0.361 e. The number of benzene rings is 3. The molecule has 158 valence electrons. The van der Waals surface area contributed by atoms with Crippen LogP contribution in [0.2, 0.25) is 5.02 Å². The molecule has 0 atom stereocenters. The van der Waals surface area contributed by atoms with Gasteiger partial charge in [0.15, 0.2) is 9.84 Å². The quantitative estimate of drug-likeness (QED) is 0.407. The van der Waals surface area contributed by atoms with Gasteiger partial charge in [-0.3, -0.25) is 4.79 Å². The van der Waals surface area contributed by atoms with E-state index in [2.05, 4.69) is 10.3 Å². The molecule has 0 spiro atoms. The van der Waals surface area contributed by atoms with Gasteiger partial charge in [0.2, 0.25) is 5.91 Å². The van der Waals surface area contributed by atoms with Crippen molar-refractivity contribution in [2.75, 3.05) is 11.1 Å². The number of aromatic nitrogens is 1. The number of rotatable bonds is 6. The Morgan fingerprint density at radius 3 is 2.48 bits per heavy atom. The van der Waals surface area contributed by atoms with Gasteiger partial charge in [-0.2, -0.15) is 0 Å². The molecule has 0 fully saturated rings. The molecule has 5 nitrogen and oxygen atoms in total. The first-order valence-electron chi connectivity index (χ1n) is 9.85. The molecule has 0 unspecified atom stereocenters. The second-order valence-electron chi connectivity index (χ2n) is 7.21. The SMILES string of the molecule is CCS(=O)(=O)c1ccc(CC(=O)Nc2ccc(-c3cccc4[nH]ccc34)c(Cl)c2)cc1. The van der Waals surface area contributed by atoms with Crippen LogP contribution in [0.1, 0.15) is 12.5 Å². The van der Waals surface area contributed by atoms with Crippen molar-refractivity contribution in [2.45, 2.75) is 18.2 Å². The highest BCUT2D eigenvalue weighted by molar-refractivity contribution is 7.91. The normalized spacial score (nSPS) is 11.5. The summed E-state index contributed by atoms with van der Waals surface area (Å²) in [5, 5.41) is 4.47. The molecule has 0 aliphatic carbocycles. The number of halogens is 1. The summed E-state index contributed by atoms with van der Waals surface area (Å²) in [4.78, 5) is 15.9. The number of nitrogens with one attached hydrogen (secondary N) is 2. The zero-order chi connectivity index (χ0) is 22.0. The number of fused-ring (bicyclic) bond motifs is 1. The summed E-state index contributed by atoms with van der Waals surface area (Å²) in [5.74, 6) is -0.162. The average molecular weight is 453 g/mol. The molecule has 7 heteroatoms. The summed E-state index contributed by atoms with van der Waals surface area (Å²) in [7, 11) is -3.25. The first-order valence-corrected chi connectivity index (χ1v) is 11.9. The maximum Gasteiger partial charge on any atom is 0.228 e. The smallest absolute Gasteiger partial charge is 0.228 e. The lowest BCUT2D eigenvalue weighted by Crippen LogP contribution is -2.14. The van der Waals surface area contributed by atoms with Crippen LogP contribution in [0.5, 0.6) is 0 Å². The van der Waals surface area contributed by atoms with E-state index >= 15 is 0 Å². The van der Waals surface area contributed by atoms with Crippen molar-refractivity contribution in [2.24, 2.45) is 0 Å². The molecule has 0 saturated heterocycles. The van der Waals surface area contributed by atoms with Crippen LogP contribution in [0.4, 0.5) is 5.69 Å². The van der Waals surface area contributed by atoms with Crippen LogP contribution in [-0.2, 0) is 21.1 Å². The van der Waals surface area contributed by atoms with Gasteiger partial charge < -0.3 is 10.3 Å². The molecule has 0 aliphatic heterocycles. The molecule has 0 radical (unpaired) electrons. The van der Waals surface area contributed by atoms with Crippen molar-refractivity contribution in [3.05, 3.63) is 83.5 Å². The van der Waals surface area contributed by atoms with Gasteiger partial charge in [0.1, 0.15) is 0 Å². The average Bonchev–Trinajstić information content (AvgIpc) is 3.23. The Kier molecular flexibility index (Phi) is 5.85. The molecule has 3 aromatic carbocycles. The number of aromatic amines is 1. The Hall–Kier alpha value is -3.09. The summed E-state index contributed by atoms with van der Waals surface area (Å²) in [6.07, 6.45) is 2.02. The highest BCUT2D eigenvalue weighted by atomic mass is 35.5. The number of anilines is 1. The van der Waals surface area contributed by atoms with E-state index in [-0.39, 0.29) is 23.0 Å². The molecule has 4 aromatic rings. The first-order chi connectivity index (χ1) is 14.9. The summed E-state index contributed by atoms with van der Waals surface area (Å²) >= 11 is 6.53. The molecule has 0 aliphatic rings. The van der Waals surface area contributed by atoms with E-state index in [0.717, 1.165) is 27.6 Å². The van der Waals surface area contributed by atoms with Crippen LogP contribution in [0.3, 0.4) is 0 Å². The summed E-state index contributed by atoms with van der Waals surface area (Å²) in [6, 6.07) is 19.8. The standard InChI is InChI=1S/C24H21ClN2O3S/c1-2-31(29,30)18-9-6-16(7-10-18)14-24(28)27-17-8-11-20(22(25)15-17)19-4-3-5-23-21(19)12-13-26-23/h3-13,15,26H,2,14H2,1H3,(H,27,28). The predicted octanol–water partition coefficient (Wildman–Crippen LogP) is 5.46. The maximum atomic E-state index is 12.4. The van der Waals surface area contributed by atoms with Crippen molar-refractivity contribution in [3.63, 3.8) is 0 Å². The Labute approximate surface area is 186 Å². The van der Waals surface area contributed by atoms with E-state index < -0.39 is 9.84 Å². The van der Waals surface area contributed by atoms with E-state index in [4.69, 9.17) is 11.6 Å². The highest BCUT2D eigenvalue weighted by Crippen LogP contribution is 2.34. The van der Waals surface area contributed by atoms with Crippen LogP contribution < -0.4 is 5.32 Å². The Morgan fingerprint density at radius 2 is 1.77 bits per heavy atom. The minimum atomic E-state index is -3.25. The van der Waals surface area contributed by atoms with Gasteiger partial charge in [-0.1, -0.05) is 48.9 Å². The summed E-state index contributed by atoms with van der Waals surface area (Å²) < 4.78 is 23.8. The Bertz CT molecular complexity index is 1360. The topological polar surface area (TPSA) is 79.0 Å². The van der Waals surface area contributed by atoms with Gasteiger partial charge in [0.25, 0.3) is 0 Å². The van der Waals surface area contributed by atoms with E-state index in [1.54, 1.807) is 25.1 Å². The first kappa shape index (κ1) is 21.2. The molecule has 0 bridgehead atoms. The number of carbonyl (C=O) groups is 1. The second-order valence-corrected chi connectivity index (χ2v) is 9.90. The summed E-state index contributed by atoms with van der Waals surface area (Å²) in [5.41, 5.74) is 4.27. The van der Waals surface area contributed by atoms with Gasteiger partial charge in [0.05, 0.1) is 22.1 Å². The highest BCUT2D eigenvalue weighted by Gasteiger charge is 2.13. The molecular weight excluding hydrogens is 432 g/mol. The molecule has 2 N–H and O–H groups in total. The number of hydrogen-bond acceptors (Lipinski definition) is 3. The molecule has 1 heterocycles. The number of H-pyrrole nitrogens is 1. The lowest BCUT2D eigenvalue weighted by Gasteiger charge is -2.10. The third-order valence-corrected chi connectivity index (χ3v) is 7.23. The minimum absolute atomic E-state index is 0.0438. The monoisotopic (exact) mass is 452 g/mol. The second kappa shape index (κ2) is 8.57. The summed E-state index contributed by atoms with van der Waals surface area (Å²) in [6.45, 7) is 1.60. The van der Waals surface area contributed by atoms with Gasteiger partial charge in [-0.15, -0.1) is 0 Å². The molecular formula is C24H21ClN2O3S. The van der Waals surface area contributed by atoms with Crippen molar-refractivity contribution in [1.29, 1.82) is 0 Å². The van der Waals surface area contributed by atoms with Crippen LogP contribution in [0.25, 0.3) is 22.0 Å². The van der Waals surface area contributed by atoms with Crippen molar-refractivity contribution >= 4 is 43.9 Å². The number of carbonyl (C=O) groups excluding carboxylic acids is 1. The fourth-order valence-corrected chi connectivity index (χ4v) is 4.67. The van der Waals surface area contributed by atoms with Crippen LogP contribution in [-0.4, -0.2) is 25.1 Å². The third-order valence-electron chi connectivity index (χ3n) is 5.17. The largest absolute Gasteiger partial charge is 0.361 e.